The molecule has 0 saturated carbocycles. The topological polar surface area (TPSA) is 28.2 Å². The molecule has 1 aliphatic heterocycles. The van der Waals surface area contributed by atoms with E-state index >= 15 is 0 Å². The summed E-state index contributed by atoms with van der Waals surface area (Å²) in [6.07, 6.45) is 2.63. The van der Waals surface area contributed by atoms with Crippen molar-refractivity contribution in [1.29, 1.82) is 0 Å². The van der Waals surface area contributed by atoms with Gasteiger partial charge in [-0.15, -0.1) is 11.3 Å². The first-order valence-corrected chi connectivity index (χ1v) is 6.46. The first-order valence-electron chi connectivity index (χ1n) is 5.58. The number of likely N-dealkylation sites (tertiary alicyclic amines) is 1. The first kappa shape index (κ1) is 10.9. The highest BCUT2D eigenvalue weighted by Gasteiger charge is 2.16. The molecule has 1 aromatic heterocycles. The highest BCUT2D eigenvalue weighted by atomic mass is 32.1. The van der Waals surface area contributed by atoms with E-state index in [0.29, 0.717) is 0 Å². The summed E-state index contributed by atoms with van der Waals surface area (Å²) in [4.78, 5) is 6.81. The number of anilines is 1. The van der Waals surface area contributed by atoms with Gasteiger partial charge in [0, 0.05) is 11.9 Å². The van der Waals surface area contributed by atoms with Gasteiger partial charge < -0.3 is 10.2 Å². The molecule has 1 aromatic rings. The van der Waals surface area contributed by atoms with Crippen molar-refractivity contribution in [2.45, 2.75) is 19.8 Å². The summed E-state index contributed by atoms with van der Waals surface area (Å²) in [7, 11) is 2.20. The van der Waals surface area contributed by atoms with Crippen molar-refractivity contribution in [3.63, 3.8) is 0 Å². The van der Waals surface area contributed by atoms with Crippen LogP contribution in [0.2, 0.25) is 0 Å². The predicted octanol–water partition coefficient (Wildman–Crippen LogP) is 2.21. The van der Waals surface area contributed by atoms with E-state index in [1.165, 1.54) is 25.9 Å². The molecule has 2 heterocycles. The average Bonchev–Trinajstić information content (AvgIpc) is 2.64. The van der Waals surface area contributed by atoms with Gasteiger partial charge in [0.25, 0.3) is 0 Å². The Kier molecular flexibility index (Phi) is 3.59. The van der Waals surface area contributed by atoms with E-state index in [-0.39, 0.29) is 0 Å². The zero-order valence-electron chi connectivity index (χ0n) is 9.49. The molecule has 0 unspecified atom stereocenters. The third-order valence-electron chi connectivity index (χ3n) is 3.00. The van der Waals surface area contributed by atoms with Crippen molar-refractivity contribution in [2.75, 3.05) is 32.0 Å². The van der Waals surface area contributed by atoms with Gasteiger partial charge in [-0.1, -0.05) is 0 Å². The van der Waals surface area contributed by atoms with E-state index in [2.05, 4.69) is 27.6 Å². The summed E-state index contributed by atoms with van der Waals surface area (Å²) in [5, 5.41) is 6.61. The molecule has 0 spiro atoms. The van der Waals surface area contributed by atoms with E-state index < -0.39 is 0 Å². The molecule has 0 atom stereocenters. The summed E-state index contributed by atoms with van der Waals surface area (Å²) in [5.41, 5.74) is 1.12. The molecule has 0 amide bonds. The Labute approximate surface area is 95.5 Å². The fraction of sp³-hybridized carbons (Fsp3) is 0.727. The van der Waals surface area contributed by atoms with Crippen LogP contribution in [-0.2, 0) is 0 Å². The lowest BCUT2D eigenvalue weighted by Gasteiger charge is -2.28. The standard InChI is InChI=1S/C11H19N3S/c1-9-8-15-11(13-9)12-7-10-3-5-14(2)6-4-10/h8,10H,3-7H2,1-2H3,(H,12,13). The molecule has 15 heavy (non-hydrogen) atoms. The smallest absolute Gasteiger partial charge is 0.182 e. The molecule has 1 saturated heterocycles. The molecule has 1 aliphatic rings. The molecule has 1 fully saturated rings. The molecule has 0 aromatic carbocycles. The van der Waals surface area contributed by atoms with Gasteiger partial charge in [-0.2, -0.15) is 0 Å². The van der Waals surface area contributed by atoms with Gasteiger partial charge in [0.2, 0.25) is 0 Å². The van der Waals surface area contributed by atoms with Crippen LogP contribution >= 0.6 is 11.3 Å². The lowest BCUT2D eigenvalue weighted by Crippen LogP contribution is -2.32. The SMILES string of the molecule is Cc1csc(NCC2CCN(C)CC2)n1. The third-order valence-corrected chi connectivity index (χ3v) is 3.92. The summed E-state index contributed by atoms with van der Waals surface area (Å²) < 4.78 is 0. The van der Waals surface area contributed by atoms with Crippen molar-refractivity contribution in [2.24, 2.45) is 5.92 Å². The first-order chi connectivity index (χ1) is 7.24. The van der Waals surface area contributed by atoms with Gasteiger partial charge in [-0.05, 0) is 45.8 Å². The Hall–Kier alpha value is -0.610. The number of thiazole rings is 1. The van der Waals surface area contributed by atoms with Crippen LogP contribution in [0.4, 0.5) is 5.13 Å². The Morgan fingerprint density at radius 1 is 1.53 bits per heavy atom. The van der Waals surface area contributed by atoms with Gasteiger partial charge in [0.15, 0.2) is 5.13 Å². The summed E-state index contributed by atoms with van der Waals surface area (Å²) >= 11 is 1.71. The number of rotatable bonds is 3. The molecular weight excluding hydrogens is 206 g/mol. The van der Waals surface area contributed by atoms with E-state index in [1.54, 1.807) is 11.3 Å². The molecular formula is C11H19N3S. The molecule has 0 bridgehead atoms. The molecule has 2 rings (SSSR count). The number of hydrogen-bond donors (Lipinski definition) is 1. The lowest BCUT2D eigenvalue weighted by atomic mass is 9.97. The van der Waals surface area contributed by atoms with Crippen molar-refractivity contribution in [1.82, 2.24) is 9.88 Å². The number of aryl methyl sites for hydroxylation is 1. The Morgan fingerprint density at radius 3 is 2.87 bits per heavy atom. The lowest BCUT2D eigenvalue weighted by molar-refractivity contribution is 0.226. The fourth-order valence-electron chi connectivity index (χ4n) is 1.93. The van der Waals surface area contributed by atoms with Crippen LogP contribution in [0.1, 0.15) is 18.5 Å². The summed E-state index contributed by atoms with van der Waals surface area (Å²) in [6, 6.07) is 0. The number of hydrogen-bond acceptors (Lipinski definition) is 4. The van der Waals surface area contributed by atoms with Crippen molar-refractivity contribution in [3.8, 4) is 0 Å². The second-order valence-corrected chi connectivity index (χ2v) is 5.28. The van der Waals surface area contributed by atoms with Gasteiger partial charge in [0.05, 0.1) is 5.69 Å². The number of nitrogens with one attached hydrogen (secondary N) is 1. The highest BCUT2D eigenvalue weighted by molar-refractivity contribution is 7.13. The Bertz CT molecular complexity index is 303. The van der Waals surface area contributed by atoms with Crippen LogP contribution in [0.15, 0.2) is 5.38 Å². The molecule has 0 radical (unpaired) electrons. The summed E-state index contributed by atoms with van der Waals surface area (Å²) in [6.45, 7) is 5.60. The van der Waals surface area contributed by atoms with E-state index in [4.69, 9.17) is 0 Å². The molecule has 0 aliphatic carbocycles. The Balaban J connectivity index is 1.74. The van der Waals surface area contributed by atoms with E-state index in [9.17, 15) is 0 Å². The molecule has 3 nitrogen and oxygen atoms in total. The van der Waals surface area contributed by atoms with Crippen LogP contribution in [0.5, 0.6) is 0 Å². The zero-order valence-corrected chi connectivity index (χ0v) is 10.3. The van der Waals surface area contributed by atoms with Gasteiger partial charge in [-0.3, -0.25) is 0 Å². The minimum atomic E-state index is 0.824. The average molecular weight is 225 g/mol. The second-order valence-electron chi connectivity index (χ2n) is 4.42. The third kappa shape index (κ3) is 3.18. The quantitative estimate of drug-likeness (QED) is 0.855. The normalized spacial score (nSPS) is 19.3. The monoisotopic (exact) mass is 225 g/mol. The highest BCUT2D eigenvalue weighted by Crippen LogP contribution is 2.19. The maximum absolute atomic E-state index is 4.41. The van der Waals surface area contributed by atoms with Crippen LogP contribution in [-0.4, -0.2) is 36.6 Å². The maximum atomic E-state index is 4.41. The van der Waals surface area contributed by atoms with Crippen molar-refractivity contribution in [3.05, 3.63) is 11.1 Å². The number of nitrogens with zero attached hydrogens (tertiary/aromatic N) is 2. The van der Waals surface area contributed by atoms with E-state index in [1.807, 2.05) is 6.92 Å². The van der Waals surface area contributed by atoms with Crippen molar-refractivity contribution >= 4 is 16.5 Å². The minimum Gasteiger partial charge on any atom is -0.361 e. The maximum Gasteiger partial charge on any atom is 0.182 e. The van der Waals surface area contributed by atoms with Crippen molar-refractivity contribution < 1.29 is 0 Å². The number of piperidine rings is 1. The molecule has 1 N–H and O–H groups in total. The number of aromatic nitrogens is 1. The zero-order chi connectivity index (χ0) is 10.7. The predicted molar refractivity (Wildman–Crippen MR) is 65.6 cm³/mol. The largest absolute Gasteiger partial charge is 0.361 e. The van der Waals surface area contributed by atoms with Crippen LogP contribution in [0, 0.1) is 12.8 Å². The van der Waals surface area contributed by atoms with E-state index in [0.717, 1.165) is 23.3 Å². The minimum absolute atomic E-state index is 0.824. The van der Waals surface area contributed by atoms with Gasteiger partial charge in [0.1, 0.15) is 0 Å². The molecule has 84 valence electrons. The Morgan fingerprint density at radius 2 is 2.27 bits per heavy atom. The fourth-order valence-corrected chi connectivity index (χ4v) is 2.63. The summed E-state index contributed by atoms with van der Waals surface area (Å²) in [5.74, 6) is 0.824. The molecule has 4 heteroatoms. The van der Waals surface area contributed by atoms with Gasteiger partial charge in [-0.25, -0.2) is 4.98 Å². The van der Waals surface area contributed by atoms with Crippen LogP contribution < -0.4 is 5.32 Å². The van der Waals surface area contributed by atoms with Crippen LogP contribution in [0.3, 0.4) is 0 Å². The van der Waals surface area contributed by atoms with Gasteiger partial charge >= 0.3 is 0 Å². The van der Waals surface area contributed by atoms with Crippen LogP contribution in [0.25, 0.3) is 0 Å². The second kappa shape index (κ2) is 4.94.